The van der Waals surface area contributed by atoms with Crippen LogP contribution in [0, 0.1) is 29.1 Å². The van der Waals surface area contributed by atoms with Crippen LogP contribution in [0.4, 0.5) is 0 Å². The number of hydrogen-bond donors (Lipinski definition) is 3. The Kier molecular flexibility index (Phi) is 5.75. The van der Waals surface area contributed by atoms with Gasteiger partial charge in [-0.05, 0) is 48.6 Å². The third kappa shape index (κ3) is 3.95. The quantitative estimate of drug-likeness (QED) is 0.235. The number of rotatable bonds is 9. The standard InChI is InChI=1S/C27H29N5O3S/c1-15(33)20-14-36-22(32-20)13-29-26(35)24-17-9-8-16(27(17)10-11-27)23(24)25(34)28-12-4-7-21-30-18-5-2-3-6-19(18)31-21/h2-3,5-6,8-9,14,16-17,23-24H,4,7,10-13H2,1H3,(H,28,34)(H,29,35)(H,30,31)/t16-,17+,23-,24-/m1/s1. The van der Waals surface area contributed by atoms with Crippen LogP contribution in [0.1, 0.15) is 47.5 Å². The van der Waals surface area contributed by atoms with Gasteiger partial charge in [-0.3, -0.25) is 14.4 Å². The number of Topliss-reactive ketones (excluding diaryl/α,β-unsaturated/α-hetero) is 1. The second kappa shape index (κ2) is 8.96. The van der Waals surface area contributed by atoms with Crippen molar-refractivity contribution in [3.05, 3.63) is 58.3 Å². The van der Waals surface area contributed by atoms with E-state index in [1.807, 2.05) is 24.3 Å². The van der Waals surface area contributed by atoms with E-state index in [0.29, 0.717) is 17.2 Å². The van der Waals surface area contributed by atoms with Crippen molar-refractivity contribution in [1.82, 2.24) is 25.6 Å². The zero-order valence-corrected chi connectivity index (χ0v) is 20.9. The van der Waals surface area contributed by atoms with Crippen LogP contribution < -0.4 is 10.6 Å². The first-order valence-electron chi connectivity index (χ1n) is 12.6. The van der Waals surface area contributed by atoms with Gasteiger partial charge in [-0.2, -0.15) is 0 Å². The summed E-state index contributed by atoms with van der Waals surface area (Å²) in [6.07, 6.45) is 7.99. The number of thiazole rings is 1. The summed E-state index contributed by atoms with van der Waals surface area (Å²) in [5.74, 6) is 0.210. The number of aryl methyl sites for hydroxylation is 1. The molecule has 6 rings (SSSR count). The van der Waals surface area contributed by atoms with Crippen molar-refractivity contribution in [2.75, 3.05) is 6.54 Å². The van der Waals surface area contributed by atoms with Gasteiger partial charge in [0.05, 0.1) is 29.4 Å². The highest BCUT2D eigenvalue weighted by Crippen LogP contribution is 2.72. The van der Waals surface area contributed by atoms with Crippen molar-refractivity contribution in [3.8, 4) is 0 Å². The van der Waals surface area contributed by atoms with Crippen molar-refractivity contribution in [2.24, 2.45) is 29.1 Å². The minimum atomic E-state index is -0.370. The number of H-pyrrole nitrogens is 1. The molecule has 9 heteroatoms. The number of nitrogens with one attached hydrogen (secondary N) is 3. The fourth-order valence-electron chi connectivity index (χ4n) is 6.25. The molecule has 3 N–H and O–H groups in total. The summed E-state index contributed by atoms with van der Waals surface area (Å²) < 4.78 is 0. The number of hydrogen-bond acceptors (Lipinski definition) is 6. The molecule has 0 saturated heterocycles. The normalized spacial score (nSPS) is 24.9. The molecule has 2 amide bonds. The largest absolute Gasteiger partial charge is 0.356 e. The molecule has 3 aliphatic rings. The summed E-state index contributed by atoms with van der Waals surface area (Å²) >= 11 is 1.36. The number of para-hydroxylation sites is 2. The predicted molar refractivity (Wildman–Crippen MR) is 136 cm³/mol. The summed E-state index contributed by atoms with van der Waals surface area (Å²) in [4.78, 5) is 50.5. The van der Waals surface area contributed by atoms with E-state index < -0.39 is 0 Å². The number of ketones is 1. The molecule has 2 fully saturated rings. The molecule has 1 aromatic carbocycles. The van der Waals surface area contributed by atoms with Gasteiger partial charge >= 0.3 is 0 Å². The van der Waals surface area contributed by atoms with Gasteiger partial charge in [0.15, 0.2) is 5.78 Å². The fraction of sp³-hybridized carbons (Fsp3) is 0.444. The Morgan fingerprint density at radius 1 is 1.06 bits per heavy atom. The van der Waals surface area contributed by atoms with E-state index in [9.17, 15) is 14.4 Å². The number of fused-ring (bicyclic) bond motifs is 1. The molecule has 2 bridgehead atoms. The second-order valence-corrected chi connectivity index (χ2v) is 11.2. The van der Waals surface area contributed by atoms with Gasteiger partial charge in [-0.15, -0.1) is 11.3 Å². The predicted octanol–water partition coefficient (Wildman–Crippen LogP) is 3.42. The lowest BCUT2D eigenvalue weighted by molar-refractivity contribution is -0.135. The van der Waals surface area contributed by atoms with E-state index in [2.05, 4.69) is 37.7 Å². The molecule has 1 spiro atoms. The summed E-state index contributed by atoms with van der Waals surface area (Å²) in [6, 6.07) is 7.94. The van der Waals surface area contributed by atoms with Crippen LogP contribution in [0.2, 0.25) is 0 Å². The van der Waals surface area contributed by atoms with E-state index in [0.717, 1.165) is 42.5 Å². The summed E-state index contributed by atoms with van der Waals surface area (Å²) in [7, 11) is 0. The number of nitrogens with zero attached hydrogens (tertiary/aromatic N) is 2. The zero-order valence-electron chi connectivity index (χ0n) is 20.1. The number of aromatic nitrogens is 3. The van der Waals surface area contributed by atoms with Gasteiger partial charge in [-0.1, -0.05) is 24.3 Å². The van der Waals surface area contributed by atoms with Crippen LogP contribution >= 0.6 is 11.3 Å². The topological polar surface area (TPSA) is 117 Å². The van der Waals surface area contributed by atoms with Gasteiger partial charge in [0.25, 0.3) is 0 Å². The number of carbonyl (C=O) groups is 3. The average Bonchev–Trinajstić information content (AvgIpc) is 3.15. The third-order valence-electron chi connectivity index (χ3n) is 8.10. The van der Waals surface area contributed by atoms with E-state index in [1.54, 1.807) is 5.38 Å². The number of amides is 2. The van der Waals surface area contributed by atoms with E-state index >= 15 is 0 Å². The Hall–Kier alpha value is -3.33. The Balaban J connectivity index is 1.08. The first-order valence-corrected chi connectivity index (χ1v) is 13.5. The highest BCUT2D eigenvalue weighted by Gasteiger charge is 2.69. The highest BCUT2D eigenvalue weighted by molar-refractivity contribution is 7.09. The van der Waals surface area contributed by atoms with Crippen LogP contribution in [0.25, 0.3) is 11.0 Å². The van der Waals surface area contributed by atoms with Gasteiger partial charge in [0.2, 0.25) is 11.8 Å². The fourth-order valence-corrected chi connectivity index (χ4v) is 7.03. The van der Waals surface area contributed by atoms with Crippen molar-refractivity contribution in [3.63, 3.8) is 0 Å². The molecule has 0 unspecified atom stereocenters. The number of allylic oxidation sites excluding steroid dienone is 2. The molecular weight excluding hydrogens is 474 g/mol. The maximum atomic E-state index is 13.4. The van der Waals surface area contributed by atoms with Crippen molar-refractivity contribution < 1.29 is 14.4 Å². The molecule has 2 heterocycles. The number of aromatic amines is 1. The monoisotopic (exact) mass is 503 g/mol. The summed E-state index contributed by atoms with van der Waals surface area (Å²) in [5.41, 5.74) is 2.47. The zero-order chi connectivity index (χ0) is 24.9. The van der Waals surface area contributed by atoms with E-state index in [1.165, 1.54) is 18.3 Å². The molecule has 2 saturated carbocycles. The van der Waals surface area contributed by atoms with Crippen molar-refractivity contribution >= 4 is 40.0 Å². The van der Waals surface area contributed by atoms with Crippen LogP contribution in [0.3, 0.4) is 0 Å². The van der Waals surface area contributed by atoms with Gasteiger partial charge in [-0.25, -0.2) is 9.97 Å². The Bertz CT molecular complexity index is 1340. The third-order valence-corrected chi connectivity index (χ3v) is 8.95. The maximum Gasteiger partial charge on any atom is 0.224 e. The molecule has 4 atom stereocenters. The van der Waals surface area contributed by atoms with Crippen LogP contribution in [-0.2, 0) is 22.6 Å². The smallest absolute Gasteiger partial charge is 0.224 e. The molecule has 0 radical (unpaired) electrons. The minimum Gasteiger partial charge on any atom is -0.356 e. The molecule has 3 aliphatic carbocycles. The lowest BCUT2D eigenvalue weighted by Crippen LogP contribution is -2.44. The molecule has 2 aromatic heterocycles. The number of carbonyl (C=O) groups excluding carboxylic acids is 3. The van der Waals surface area contributed by atoms with E-state index in [4.69, 9.17) is 0 Å². The van der Waals surface area contributed by atoms with E-state index in [-0.39, 0.29) is 53.2 Å². The average molecular weight is 504 g/mol. The molecular formula is C27H29N5O3S. The number of imidazole rings is 1. The Labute approximate surface area is 213 Å². The Morgan fingerprint density at radius 2 is 1.78 bits per heavy atom. The first kappa shape index (κ1) is 23.1. The summed E-state index contributed by atoms with van der Waals surface area (Å²) in [6.45, 7) is 2.29. The molecule has 186 valence electrons. The maximum absolute atomic E-state index is 13.4. The van der Waals surface area contributed by atoms with Gasteiger partial charge < -0.3 is 15.6 Å². The van der Waals surface area contributed by atoms with Crippen molar-refractivity contribution in [2.45, 2.75) is 39.2 Å². The molecule has 8 nitrogen and oxygen atoms in total. The Morgan fingerprint density at radius 3 is 2.44 bits per heavy atom. The van der Waals surface area contributed by atoms with Gasteiger partial charge in [0.1, 0.15) is 16.5 Å². The van der Waals surface area contributed by atoms with Gasteiger partial charge in [0, 0.05) is 25.3 Å². The lowest BCUT2D eigenvalue weighted by Gasteiger charge is -2.26. The molecule has 0 aliphatic heterocycles. The second-order valence-electron chi connectivity index (χ2n) is 10.2. The summed E-state index contributed by atoms with van der Waals surface area (Å²) in [5, 5.41) is 8.52. The SMILES string of the molecule is CC(=O)c1csc(CNC(=O)[C@H]2[C@H](C(=O)NCCCc3nc4ccccc4[nH]3)[C@H]3C=C[C@@H]2C32CC2)n1. The van der Waals surface area contributed by atoms with Crippen LogP contribution in [0.15, 0.2) is 41.8 Å². The highest BCUT2D eigenvalue weighted by atomic mass is 32.1. The van der Waals surface area contributed by atoms with Crippen LogP contribution in [-0.4, -0.2) is 39.1 Å². The first-order chi connectivity index (χ1) is 17.5. The minimum absolute atomic E-state index is 0.0315. The molecule has 3 aromatic rings. The van der Waals surface area contributed by atoms with Crippen molar-refractivity contribution in [1.29, 1.82) is 0 Å². The lowest BCUT2D eigenvalue weighted by atomic mass is 9.81. The van der Waals surface area contributed by atoms with Crippen LogP contribution in [0.5, 0.6) is 0 Å². The number of benzene rings is 1. The molecule has 36 heavy (non-hydrogen) atoms.